The Kier molecular flexibility index (Phi) is 4.90. The van der Waals surface area contributed by atoms with E-state index in [1.807, 2.05) is 19.1 Å². The number of hydrogen-bond acceptors (Lipinski definition) is 4. The van der Waals surface area contributed by atoms with Crippen LogP contribution >= 0.6 is 0 Å². The highest BCUT2D eigenvalue weighted by atomic mass is 16.2. The highest BCUT2D eigenvalue weighted by molar-refractivity contribution is 5.93. The maximum atomic E-state index is 12.5. The van der Waals surface area contributed by atoms with Crippen molar-refractivity contribution >= 4 is 17.2 Å². The average molecular weight is 379 g/mol. The summed E-state index contributed by atoms with van der Waals surface area (Å²) >= 11 is 0. The molecule has 2 N–H and O–H groups in total. The lowest BCUT2D eigenvalue weighted by Crippen LogP contribution is -2.34. The summed E-state index contributed by atoms with van der Waals surface area (Å²) in [6.45, 7) is 6.68. The van der Waals surface area contributed by atoms with E-state index in [0.717, 1.165) is 30.3 Å². The third kappa shape index (κ3) is 3.65. The summed E-state index contributed by atoms with van der Waals surface area (Å²) < 4.78 is 1.29. The molecule has 3 heterocycles. The van der Waals surface area contributed by atoms with Gasteiger partial charge < -0.3 is 10.2 Å². The van der Waals surface area contributed by atoms with Gasteiger partial charge >= 0.3 is 0 Å². The van der Waals surface area contributed by atoms with Crippen LogP contribution in [0.1, 0.15) is 41.4 Å². The molecule has 0 radical (unpaired) electrons. The minimum atomic E-state index is -0.423. The number of aromatic nitrogens is 3. The van der Waals surface area contributed by atoms with Crippen molar-refractivity contribution in [3.63, 3.8) is 0 Å². The van der Waals surface area contributed by atoms with Gasteiger partial charge in [-0.3, -0.25) is 14.7 Å². The molecule has 4 rings (SSSR count). The number of fused-ring (bicyclic) bond motifs is 1. The van der Waals surface area contributed by atoms with Gasteiger partial charge in [0.25, 0.3) is 11.5 Å². The summed E-state index contributed by atoms with van der Waals surface area (Å²) in [7, 11) is 0. The first kappa shape index (κ1) is 18.3. The standard InChI is InChI=1S/C21H25N5O2/c1-14-4-3-9-25(13-14)17-7-5-16(6-8-17)11-23-20(27)18-12-22-19-10-15(2)24-26(19)21(18)28/h5-8,10,12,14,24H,3-4,9,11,13H2,1-2H3,(H,23,27)/t14-/m0/s1. The van der Waals surface area contributed by atoms with Crippen LogP contribution in [0.3, 0.4) is 0 Å². The maximum Gasteiger partial charge on any atom is 0.285 e. The molecule has 0 spiro atoms. The molecule has 3 aromatic rings. The number of amides is 1. The smallest absolute Gasteiger partial charge is 0.285 e. The van der Waals surface area contributed by atoms with Gasteiger partial charge in [0.2, 0.25) is 0 Å². The van der Waals surface area contributed by atoms with Gasteiger partial charge in [-0.2, -0.15) is 0 Å². The van der Waals surface area contributed by atoms with E-state index < -0.39 is 11.5 Å². The fraction of sp³-hybridized carbons (Fsp3) is 0.381. The van der Waals surface area contributed by atoms with Gasteiger partial charge in [-0.1, -0.05) is 19.1 Å². The molecule has 28 heavy (non-hydrogen) atoms. The van der Waals surface area contributed by atoms with Crippen molar-refractivity contribution in [2.45, 2.75) is 33.2 Å². The zero-order valence-electron chi connectivity index (χ0n) is 16.2. The number of anilines is 1. The van der Waals surface area contributed by atoms with Gasteiger partial charge in [0, 0.05) is 43.3 Å². The van der Waals surface area contributed by atoms with Crippen LogP contribution in [0.25, 0.3) is 5.65 Å². The van der Waals surface area contributed by atoms with Crippen LogP contribution < -0.4 is 15.8 Å². The third-order valence-electron chi connectivity index (χ3n) is 5.28. The van der Waals surface area contributed by atoms with Gasteiger partial charge in [-0.15, -0.1) is 0 Å². The fourth-order valence-corrected chi connectivity index (χ4v) is 3.76. The summed E-state index contributed by atoms with van der Waals surface area (Å²) in [5.41, 5.74) is 3.15. The molecular formula is C21H25N5O2. The number of carbonyl (C=O) groups excluding carboxylic acids is 1. The zero-order valence-corrected chi connectivity index (χ0v) is 16.2. The van der Waals surface area contributed by atoms with E-state index in [9.17, 15) is 9.59 Å². The second-order valence-corrected chi connectivity index (χ2v) is 7.65. The lowest BCUT2D eigenvalue weighted by Gasteiger charge is -2.32. The maximum absolute atomic E-state index is 12.5. The predicted molar refractivity (Wildman–Crippen MR) is 109 cm³/mol. The van der Waals surface area contributed by atoms with Crippen molar-refractivity contribution in [1.29, 1.82) is 0 Å². The van der Waals surface area contributed by atoms with E-state index in [2.05, 4.69) is 39.4 Å². The number of H-pyrrole nitrogens is 1. The van der Waals surface area contributed by atoms with E-state index in [1.165, 1.54) is 29.2 Å². The van der Waals surface area contributed by atoms with Crippen LogP contribution in [0.4, 0.5) is 5.69 Å². The third-order valence-corrected chi connectivity index (χ3v) is 5.28. The number of aromatic amines is 1. The Balaban J connectivity index is 1.42. The lowest BCUT2D eigenvalue weighted by atomic mass is 9.99. The molecule has 146 valence electrons. The molecule has 1 aliphatic rings. The van der Waals surface area contributed by atoms with E-state index in [4.69, 9.17) is 0 Å². The monoisotopic (exact) mass is 379 g/mol. The molecule has 0 aliphatic carbocycles. The van der Waals surface area contributed by atoms with Crippen LogP contribution in [0, 0.1) is 12.8 Å². The van der Waals surface area contributed by atoms with Crippen LogP contribution in [0.5, 0.6) is 0 Å². The summed E-state index contributed by atoms with van der Waals surface area (Å²) in [6, 6.07) is 10.0. The Morgan fingerprint density at radius 2 is 2.11 bits per heavy atom. The molecule has 2 aromatic heterocycles. The molecule has 7 heteroatoms. The normalized spacial score (nSPS) is 17.1. The molecule has 7 nitrogen and oxygen atoms in total. The number of aryl methyl sites for hydroxylation is 1. The second-order valence-electron chi connectivity index (χ2n) is 7.65. The molecule has 0 unspecified atom stereocenters. The van der Waals surface area contributed by atoms with Crippen molar-refractivity contribution < 1.29 is 4.79 Å². The minimum Gasteiger partial charge on any atom is -0.371 e. The van der Waals surface area contributed by atoms with Crippen molar-refractivity contribution in [3.05, 3.63) is 63.7 Å². The minimum absolute atomic E-state index is 0.0262. The molecule has 1 fully saturated rings. The first-order valence-corrected chi connectivity index (χ1v) is 9.71. The highest BCUT2D eigenvalue weighted by Gasteiger charge is 2.17. The number of piperidine rings is 1. The summed E-state index contributed by atoms with van der Waals surface area (Å²) in [4.78, 5) is 31.5. The average Bonchev–Trinajstić information content (AvgIpc) is 3.08. The van der Waals surface area contributed by atoms with Crippen molar-refractivity contribution in [3.8, 4) is 0 Å². The summed E-state index contributed by atoms with van der Waals surface area (Å²) in [5.74, 6) is 0.300. The molecule has 1 amide bonds. The molecule has 0 saturated carbocycles. The van der Waals surface area contributed by atoms with Crippen molar-refractivity contribution in [2.24, 2.45) is 5.92 Å². The molecular weight excluding hydrogens is 354 g/mol. The Labute approximate surface area is 163 Å². The van der Waals surface area contributed by atoms with E-state index >= 15 is 0 Å². The number of hydrogen-bond donors (Lipinski definition) is 2. The largest absolute Gasteiger partial charge is 0.371 e. The van der Waals surface area contributed by atoms with E-state index in [-0.39, 0.29) is 5.56 Å². The Morgan fingerprint density at radius 1 is 1.32 bits per heavy atom. The van der Waals surface area contributed by atoms with Crippen LogP contribution in [0.2, 0.25) is 0 Å². The lowest BCUT2D eigenvalue weighted by molar-refractivity contribution is 0.0948. The van der Waals surface area contributed by atoms with Gasteiger partial charge in [-0.05, 0) is 43.4 Å². The van der Waals surface area contributed by atoms with Gasteiger partial charge in [0.05, 0.1) is 0 Å². The first-order valence-electron chi connectivity index (χ1n) is 9.71. The number of nitrogens with zero attached hydrogens (tertiary/aromatic N) is 3. The summed E-state index contributed by atoms with van der Waals surface area (Å²) in [5, 5.41) is 5.71. The Morgan fingerprint density at radius 3 is 2.86 bits per heavy atom. The van der Waals surface area contributed by atoms with Crippen molar-refractivity contribution in [1.82, 2.24) is 19.9 Å². The second kappa shape index (κ2) is 7.50. The SMILES string of the molecule is Cc1cc2ncc(C(=O)NCc3ccc(N4CCC[C@H](C)C4)cc3)c(=O)n2[nH]1. The quantitative estimate of drug-likeness (QED) is 0.730. The van der Waals surface area contributed by atoms with E-state index in [0.29, 0.717) is 12.2 Å². The topological polar surface area (TPSA) is 82.5 Å². The number of rotatable bonds is 4. The highest BCUT2D eigenvalue weighted by Crippen LogP contribution is 2.23. The van der Waals surface area contributed by atoms with Crippen molar-refractivity contribution in [2.75, 3.05) is 18.0 Å². The van der Waals surface area contributed by atoms with Crippen LogP contribution in [-0.2, 0) is 6.54 Å². The predicted octanol–water partition coefficient (Wildman–Crippen LogP) is 2.50. The molecule has 1 atom stereocenters. The zero-order chi connectivity index (χ0) is 19.7. The van der Waals surface area contributed by atoms with Gasteiger partial charge in [0.1, 0.15) is 5.56 Å². The van der Waals surface area contributed by atoms with Gasteiger partial charge in [0.15, 0.2) is 5.65 Å². The fourth-order valence-electron chi connectivity index (χ4n) is 3.76. The Bertz CT molecular complexity index is 1050. The summed E-state index contributed by atoms with van der Waals surface area (Å²) in [6.07, 6.45) is 3.86. The molecule has 1 aliphatic heterocycles. The van der Waals surface area contributed by atoms with E-state index in [1.54, 1.807) is 6.07 Å². The molecule has 1 aromatic carbocycles. The first-order chi connectivity index (χ1) is 13.5. The number of nitrogens with one attached hydrogen (secondary N) is 2. The molecule has 0 bridgehead atoms. The number of benzene rings is 1. The number of carbonyl (C=O) groups is 1. The van der Waals surface area contributed by atoms with Crippen LogP contribution in [0.15, 0.2) is 41.3 Å². The van der Waals surface area contributed by atoms with Gasteiger partial charge in [-0.25, -0.2) is 9.50 Å². The van der Waals surface area contributed by atoms with Crippen LogP contribution in [-0.4, -0.2) is 33.6 Å². The molecule has 1 saturated heterocycles. The Hall–Kier alpha value is -3.09.